The number of nitrogens with zero attached hydrogens (tertiary/aromatic N) is 2. The second-order valence-corrected chi connectivity index (χ2v) is 9.88. The van der Waals surface area contributed by atoms with Gasteiger partial charge in [0.05, 0.1) is 5.75 Å². The monoisotopic (exact) mass is 449 g/mol. The van der Waals surface area contributed by atoms with Crippen LogP contribution in [0.3, 0.4) is 0 Å². The van der Waals surface area contributed by atoms with Crippen LogP contribution in [0.4, 0.5) is 5.69 Å². The zero-order valence-corrected chi connectivity index (χ0v) is 18.6. The number of anilines is 1. The summed E-state index contributed by atoms with van der Waals surface area (Å²) >= 11 is 7.08. The normalized spacial score (nSPS) is 19.7. The van der Waals surface area contributed by atoms with E-state index in [4.69, 9.17) is 12.2 Å². The van der Waals surface area contributed by atoms with E-state index in [1.807, 2.05) is 47.0 Å². The van der Waals surface area contributed by atoms with Crippen molar-refractivity contribution < 1.29 is 4.79 Å². The molecular weight excluding hydrogens is 426 g/mol. The Balaban J connectivity index is 1.19. The number of thioether (sulfide) groups is 1. The predicted molar refractivity (Wildman–Crippen MR) is 131 cm³/mol. The molecule has 2 bridgehead atoms. The van der Waals surface area contributed by atoms with Crippen LogP contribution in [0.1, 0.15) is 18.0 Å². The molecule has 3 heterocycles. The van der Waals surface area contributed by atoms with Crippen LogP contribution < -0.4 is 10.9 Å². The number of nitrogens with one attached hydrogen (secondary N) is 1. The molecule has 2 aliphatic heterocycles. The van der Waals surface area contributed by atoms with E-state index in [0.717, 1.165) is 52.5 Å². The molecule has 5 rings (SSSR count). The average molecular weight is 450 g/mol. The molecule has 0 radical (unpaired) electrons. The lowest BCUT2D eigenvalue weighted by Gasteiger charge is -2.43. The minimum atomic E-state index is -0.0586. The fraction of sp³-hybridized carbons (Fsp3) is 0.292. The molecular formula is C24H23N3O2S2. The quantitative estimate of drug-likeness (QED) is 0.611. The van der Waals surface area contributed by atoms with E-state index in [0.29, 0.717) is 11.8 Å². The number of thiocarbonyl (C=S) groups is 1. The van der Waals surface area contributed by atoms with E-state index in [1.165, 1.54) is 11.8 Å². The van der Waals surface area contributed by atoms with Crippen molar-refractivity contribution in [2.24, 2.45) is 5.92 Å². The Kier molecular flexibility index (Phi) is 5.54. The van der Waals surface area contributed by atoms with Gasteiger partial charge < -0.3 is 14.8 Å². The molecule has 5 nitrogen and oxygen atoms in total. The highest BCUT2D eigenvalue weighted by molar-refractivity contribution is 8.23. The Morgan fingerprint density at radius 1 is 1.03 bits per heavy atom. The Morgan fingerprint density at radius 2 is 1.87 bits per heavy atom. The van der Waals surface area contributed by atoms with Crippen LogP contribution in [0, 0.1) is 5.92 Å². The van der Waals surface area contributed by atoms with Crippen LogP contribution in [0.25, 0.3) is 10.8 Å². The zero-order chi connectivity index (χ0) is 21.4. The van der Waals surface area contributed by atoms with Crippen molar-refractivity contribution in [2.45, 2.75) is 18.9 Å². The first-order chi connectivity index (χ1) is 15.1. The third-order valence-corrected chi connectivity index (χ3v) is 7.62. The van der Waals surface area contributed by atoms with Gasteiger partial charge in [-0.15, -0.1) is 0 Å². The predicted octanol–water partition coefficient (Wildman–Crippen LogP) is 4.08. The number of benzene rings is 2. The lowest BCUT2D eigenvalue weighted by molar-refractivity contribution is -0.113. The summed E-state index contributed by atoms with van der Waals surface area (Å²) < 4.78 is 2.68. The molecule has 1 fully saturated rings. The van der Waals surface area contributed by atoms with Gasteiger partial charge in [-0.05, 0) is 41.3 Å². The molecule has 2 atom stereocenters. The second-order valence-electron chi connectivity index (χ2n) is 8.27. The number of carbonyl (C=O) groups is 1. The number of fused-ring (bicyclic) bond motifs is 5. The van der Waals surface area contributed by atoms with Crippen molar-refractivity contribution in [1.82, 2.24) is 9.47 Å². The maximum atomic E-state index is 12.5. The zero-order valence-electron chi connectivity index (χ0n) is 17.0. The number of likely N-dealkylation sites (tertiary alicyclic amines) is 1. The fourth-order valence-electron chi connectivity index (χ4n) is 4.73. The number of pyridine rings is 1. The van der Waals surface area contributed by atoms with Crippen LogP contribution >= 0.6 is 24.0 Å². The van der Waals surface area contributed by atoms with Gasteiger partial charge in [-0.1, -0.05) is 60.4 Å². The maximum Gasteiger partial charge on any atom is 0.250 e. The lowest BCUT2D eigenvalue weighted by atomic mass is 9.83. The molecule has 3 aromatic rings. The van der Waals surface area contributed by atoms with Gasteiger partial charge in [-0.2, -0.15) is 0 Å². The SMILES string of the molecule is O=C(CSC(=S)N1CC2CC(C1)c1cccc(=O)n1C2)Nc1ccc2ccccc2c1. The summed E-state index contributed by atoms with van der Waals surface area (Å²) in [6.45, 7) is 2.39. The fourth-order valence-corrected chi connectivity index (χ4v) is 5.71. The molecule has 1 amide bonds. The van der Waals surface area contributed by atoms with Crippen molar-refractivity contribution in [3.8, 4) is 0 Å². The number of carbonyl (C=O) groups excluding carboxylic acids is 1. The Bertz CT molecular complexity index is 1220. The number of hydrogen-bond acceptors (Lipinski definition) is 4. The molecule has 1 N–H and O–H groups in total. The van der Waals surface area contributed by atoms with E-state index in [-0.39, 0.29) is 17.2 Å². The highest BCUT2D eigenvalue weighted by Crippen LogP contribution is 2.36. The standard InChI is InChI=1S/C24H23N3O2S2/c28-22(25-20-9-8-17-4-1-2-5-18(17)11-20)15-31-24(30)26-12-16-10-19(14-26)21-6-3-7-23(29)27(21)13-16/h1-9,11,16,19H,10,12-15H2,(H,25,28). The Morgan fingerprint density at radius 3 is 2.74 bits per heavy atom. The van der Waals surface area contributed by atoms with E-state index in [9.17, 15) is 9.59 Å². The smallest absolute Gasteiger partial charge is 0.250 e. The molecule has 158 valence electrons. The summed E-state index contributed by atoms with van der Waals surface area (Å²) in [6, 6.07) is 19.5. The number of hydrogen-bond donors (Lipinski definition) is 1. The van der Waals surface area contributed by atoms with E-state index in [2.05, 4.69) is 22.3 Å². The van der Waals surface area contributed by atoms with Gasteiger partial charge >= 0.3 is 0 Å². The largest absolute Gasteiger partial charge is 0.356 e. The number of piperidine rings is 1. The van der Waals surface area contributed by atoms with Gasteiger partial charge in [0.2, 0.25) is 5.91 Å². The highest BCUT2D eigenvalue weighted by atomic mass is 32.2. The maximum absolute atomic E-state index is 12.5. The first kappa shape index (κ1) is 20.3. The molecule has 1 aromatic heterocycles. The average Bonchev–Trinajstić information content (AvgIpc) is 2.78. The molecule has 0 aliphatic carbocycles. The van der Waals surface area contributed by atoms with Crippen molar-refractivity contribution in [3.63, 3.8) is 0 Å². The number of aromatic nitrogens is 1. The van der Waals surface area contributed by atoms with Crippen molar-refractivity contribution >= 4 is 50.7 Å². The molecule has 2 unspecified atom stereocenters. The topological polar surface area (TPSA) is 54.3 Å². The molecule has 0 spiro atoms. The van der Waals surface area contributed by atoms with Crippen LogP contribution in [0.15, 0.2) is 65.5 Å². The second kappa shape index (κ2) is 8.48. The lowest BCUT2D eigenvalue weighted by Crippen LogP contribution is -2.48. The first-order valence-electron chi connectivity index (χ1n) is 10.5. The van der Waals surface area contributed by atoms with E-state index < -0.39 is 0 Å². The minimum Gasteiger partial charge on any atom is -0.356 e. The van der Waals surface area contributed by atoms with E-state index in [1.54, 1.807) is 6.07 Å². The van der Waals surface area contributed by atoms with Gasteiger partial charge in [0.15, 0.2) is 0 Å². The molecule has 2 aromatic carbocycles. The van der Waals surface area contributed by atoms with Crippen LogP contribution in [-0.4, -0.2) is 38.5 Å². The first-order valence-corrected chi connectivity index (χ1v) is 11.9. The third kappa shape index (κ3) is 4.25. The summed E-state index contributed by atoms with van der Waals surface area (Å²) in [7, 11) is 0. The number of amides is 1. The summed E-state index contributed by atoms with van der Waals surface area (Å²) in [5.74, 6) is 0.951. The molecule has 2 aliphatic rings. The highest BCUT2D eigenvalue weighted by Gasteiger charge is 2.35. The van der Waals surface area contributed by atoms with Gasteiger partial charge in [0, 0.05) is 43.0 Å². The van der Waals surface area contributed by atoms with Crippen LogP contribution in [-0.2, 0) is 11.3 Å². The molecule has 31 heavy (non-hydrogen) atoms. The summed E-state index contributed by atoms with van der Waals surface area (Å²) in [5.41, 5.74) is 1.99. The Labute approximate surface area is 190 Å². The molecule has 1 saturated heterocycles. The van der Waals surface area contributed by atoms with Crippen LogP contribution in [0.2, 0.25) is 0 Å². The van der Waals surface area contributed by atoms with E-state index >= 15 is 0 Å². The summed E-state index contributed by atoms with van der Waals surface area (Å²) in [5, 5.41) is 5.22. The Hall–Kier alpha value is -2.64. The number of rotatable bonds is 3. The third-order valence-electron chi connectivity index (χ3n) is 6.10. The van der Waals surface area contributed by atoms with Gasteiger partial charge in [0.25, 0.3) is 5.56 Å². The summed E-state index contributed by atoms with van der Waals surface area (Å²) in [6.07, 6.45) is 1.09. The van der Waals surface area contributed by atoms with Crippen molar-refractivity contribution in [2.75, 3.05) is 24.2 Å². The minimum absolute atomic E-state index is 0.0586. The van der Waals surface area contributed by atoms with Crippen molar-refractivity contribution in [1.29, 1.82) is 0 Å². The van der Waals surface area contributed by atoms with Gasteiger partial charge in [-0.25, -0.2) is 0 Å². The molecule has 7 heteroatoms. The van der Waals surface area contributed by atoms with Gasteiger partial charge in [0.1, 0.15) is 4.32 Å². The summed E-state index contributed by atoms with van der Waals surface area (Å²) in [4.78, 5) is 26.9. The van der Waals surface area contributed by atoms with Gasteiger partial charge in [-0.3, -0.25) is 9.59 Å². The van der Waals surface area contributed by atoms with Crippen LogP contribution in [0.5, 0.6) is 0 Å². The molecule has 0 saturated carbocycles. The van der Waals surface area contributed by atoms with Crippen molar-refractivity contribution in [3.05, 3.63) is 76.7 Å².